The molecule has 0 aliphatic carbocycles. The SMILES string of the molecule is c1ccc(-c2cc3ccccc3c3c2c2ccc(N(c4ccccc4)c4ccc5c(c4)oc4ccccc45)cc2n3-c2cccc3c2sc2ccccc23)cc1. The second-order valence-electron chi connectivity index (χ2n) is 14.5. The summed E-state index contributed by atoms with van der Waals surface area (Å²) in [5.74, 6) is 0. The number of thiophene rings is 1. The lowest BCUT2D eigenvalue weighted by atomic mass is 9.95. The average Bonchev–Trinajstić information content (AvgIpc) is 3.94. The van der Waals surface area contributed by atoms with Crippen molar-refractivity contribution in [2.45, 2.75) is 0 Å². The zero-order valence-corrected chi connectivity index (χ0v) is 31.0. The van der Waals surface area contributed by atoms with E-state index in [9.17, 15) is 0 Å². The van der Waals surface area contributed by atoms with Crippen LogP contribution in [0.15, 0.2) is 199 Å². The number of anilines is 3. The number of benzene rings is 9. The van der Waals surface area contributed by atoms with Crippen LogP contribution in [-0.4, -0.2) is 4.57 Å². The average molecular weight is 733 g/mol. The van der Waals surface area contributed by atoms with Crippen LogP contribution in [0.4, 0.5) is 17.1 Å². The van der Waals surface area contributed by atoms with Gasteiger partial charge in [-0.1, -0.05) is 127 Å². The van der Waals surface area contributed by atoms with E-state index in [1.807, 2.05) is 23.5 Å². The number of rotatable bonds is 5. The number of para-hydroxylation sites is 2. The molecule has 262 valence electrons. The predicted octanol–water partition coefficient (Wildman–Crippen LogP) is 15.3. The van der Waals surface area contributed by atoms with Crippen molar-refractivity contribution in [3.05, 3.63) is 194 Å². The van der Waals surface area contributed by atoms with Crippen LogP contribution in [0.3, 0.4) is 0 Å². The molecule has 4 heteroatoms. The molecule has 0 fully saturated rings. The molecule has 9 aromatic carbocycles. The van der Waals surface area contributed by atoms with E-state index < -0.39 is 0 Å². The van der Waals surface area contributed by atoms with Crippen LogP contribution >= 0.6 is 11.3 Å². The third-order valence-electron chi connectivity index (χ3n) is 11.3. The van der Waals surface area contributed by atoms with Crippen molar-refractivity contribution >= 4 is 103 Å². The normalized spacial score (nSPS) is 11.9. The molecule has 0 N–H and O–H groups in total. The fraction of sp³-hybridized carbons (Fsp3) is 0. The molecule has 0 amide bonds. The Morgan fingerprint density at radius 2 is 1.11 bits per heavy atom. The number of nitrogens with zero attached hydrogens (tertiary/aromatic N) is 2. The topological polar surface area (TPSA) is 21.3 Å². The first-order valence-corrected chi connectivity index (χ1v) is 19.8. The van der Waals surface area contributed by atoms with E-state index in [-0.39, 0.29) is 0 Å². The molecule has 3 heterocycles. The van der Waals surface area contributed by atoms with Crippen LogP contribution in [0.5, 0.6) is 0 Å². The van der Waals surface area contributed by atoms with Gasteiger partial charge in [-0.05, 0) is 77.2 Å². The maximum absolute atomic E-state index is 6.43. The summed E-state index contributed by atoms with van der Waals surface area (Å²) in [4.78, 5) is 2.35. The van der Waals surface area contributed by atoms with Gasteiger partial charge in [-0.15, -0.1) is 11.3 Å². The first-order chi connectivity index (χ1) is 27.8. The molecule has 0 saturated carbocycles. The zero-order chi connectivity index (χ0) is 36.7. The number of fused-ring (bicyclic) bond motifs is 11. The minimum absolute atomic E-state index is 0.871. The minimum atomic E-state index is 0.871. The first kappa shape index (κ1) is 31.2. The van der Waals surface area contributed by atoms with E-state index in [0.717, 1.165) is 44.5 Å². The van der Waals surface area contributed by atoms with Gasteiger partial charge < -0.3 is 13.9 Å². The van der Waals surface area contributed by atoms with Gasteiger partial charge in [-0.2, -0.15) is 0 Å². The Morgan fingerprint density at radius 3 is 1.96 bits per heavy atom. The van der Waals surface area contributed by atoms with E-state index >= 15 is 0 Å². The van der Waals surface area contributed by atoms with Crippen molar-refractivity contribution in [3.63, 3.8) is 0 Å². The molecule has 56 heavy (non-hydrogen) atoms. The molecule has 3 nitrogen and oxygen atoms in total. The largest absolute Gasteiger partial charge is 0.456 e. The third kappa shape index (κ3) is 4.63. The minimum Gasteiger partial charge on any atom is -0.456 e. The van der Waals surface area contributed by atoms with Crippen LogP contribution in [0, 0.1) is 0 Å². The first-order valence-electron chi connectivity index (χ1n) is 19.0. The number of hydrogen-bond donors (Lipinski definition) is 0. The molecule has 0 saturated heterocycles. The molecule has 12 aromatic rings. The Kier molecular flexibility index (Phi) is 6.80. The van der Waals surface area contributed by atoms with Gasteiger partial charge >= 0.3 is 0 Å². The van der Waals surface area contributed by atoms with Gasteiger partial charge in [0, 0.05) is 65.5 Å². The van der Waals surface area contributed by atoms with E-state index in [1.54, 1.807) is 0 Å². The number of furan rings is 1. The van der Waals surface area contributed by atoms with Crippen molar-refractivity contribution in [3.8, 4) is 16.8 Å². The van der Waals surface area contributed by atoms with Crippen LogP contribution in [-0.2, 0) is 0 Å². The highest BCUT2D eigenvalue weighted by atomic mass is 32.1. The summed E-state index contributed by atoms with van der Waals surface area (Å²) < 4.78 is 11.6. The van der Waals surface area contributed by atoms with Crippen molar-refractivity contribution in [1.82, 2.24) is 4.57 Å². The third-order valence-corrected chi connectivity index (χ3v) is 12.5. The zero-order valence-electron chi connectivity index (χ0n) is 30.2. The van der Waals surface area contributed by atoms with Crippen LogP contribution in [0.1, 0.15) is 0 Å². The van der Waals surface area contributed by atoms with Crippen molar-refractivity contribution in [1.29, 1.82) is 0 Å². The smallest absolute Gasteiger partial charge is 0.137 e. The quantitative estimate of drug-likeness (QED) is 0.176. The number of hydrogen-bond acceptors (Lipinski definition) is 3. The fourth-order valence-corrected chi connectivity index (χ4v) is 10.1. The van der Waals surface area contributed by atoms with Crippen LogP contribution in [0.2, 0.25) is 0 Å². The summed E-state index contributed by atoms with van der Waals surface area (Å²) in [5.41, 5.74) is 10.9. The van der Waals surface area contributed by atoms with Gasteiger partial charge in [0.25, 0.3) is 0 Å². The van der Waals surface area contributed by atoms with Gasteiger partial charge in [-0.3, -0.25) is 0 Å². The standard InChI is InChI=1S/C52H32N2OS/c1-3-14-33(15-4-1)44-30-34-16-7-8-19-38(34)51-50(44)43-29-27-36(31-46(43)54(51)45-23-13-22-42-41-21-10-12-25-49(41)56-52(42)45)53(35-17-5-2-6-18-35)37-26-28-40-39-20-9-11-24-47(39)55-48(40)32-37/h1-32H. The molecule has 0 radical (unpaired) electrons. The molecular formula is C52H32N2OS. The van der Waals surface area contributed by atoms with Crippen molar-refractivity contribution in [2.24, 2.45) is 0 Å². The Morgan fingerprint density at radius 1 is 0.446 bits per heavy atom. The van der Waals surface area contributed by atoms with Gasteiger partial charge in [-0.25, -0.2) is 0 Å². The van der Waals surface area contributed by atoms with Gasteiger partial charge in [0.2, 0.25) is 0 Å². The van der Waals surface area contributed by atoms with Gasteiger partial charge in [0.1, 0.15) is 11.2 Å². The molecule has 0 spiro atoms. The highest BCUT2D eigenvalue weighted by Crippen LogP contribution is 2.47. The maximum Gasteiger partial charge on any atom is 0.137 e. The Bertz CT molecular complexity index is 3480. The molecule has 12 rings (SSSR count). The molecular weight excluding hydrogens is 701 g/mol. The molecule has 0 aliphatic heterocycles. The Balaban J connectivity index is 1.21. The molecule has 0 aliphatic rings. The molecule has 0 bridgehead atoms. The van der Waals surface area contributed by atoms with Gasteiger partial charge in [0.15, 0.2) is 0 Å². The summed E-state index contributed by atoms with van der Waals surface area (Å²) in [5, 5.41) is 9.74. The molecule has 3 aromatic heterocycles. The Hall–Kier alpha value is -7.14. The van der Waals surface area contributed by atoms with Gasteiger partial charge in [0.05, 0.1) is 21.4 Å². The lowest BCUT2D eigenvalue weighted by Gasteiger charge is -2.25. The van der Waals surface area contributed by atoms with E-state index in [4.69, 9.17) is 4.42 Å². The van der Waals surface area contributed by atoms with Crippen molar-refractivity contribution < 1.29 is 4.42 Å². The second kappa shape index (κ2) is 12.2. The van der Waals surface area contributed by atoms with E-state index in [0.29, 0.717) is 0 Å². The fourth-order valence-electron chi connectivity index (χ4n) is 8.89. The van der Waals surface area contributed by atoms with Crippen molar-refractivity contribution in [2.75, 3.05) is 4.90 Å². The van der Waals surface area contributed by atoms with E-state index in [2.05, 4.69) is 191 Å². The summed E-state index contributed by atoms with van der Waals surface area (Å²) in [6, 6.07) is 70.2. The highest BCUT2D eigenvalue weighted by Gasteiger charge is 2.24. The lowest BCUT2D eigenvalue weighted by molar-refractivity contribution is 0.669. The van der Waals surface area contributed by atoms with Crippen LogP contribution < -0.4 is 4.90 Å². The Labute approximate surface area is 326 Å². The van der Waals surface area contributed by atoms with E-state index in [1.165, 1.54) is 64.0 Å². The molecule has 0 unspecified atom stereocenters. The summed E-state index contributed by atoms with van der Waals surface area (Å²) in [6.45, 7) is 0. The number of aromatic nitrogens is 1. The summed E-state index contributed by atoms with van der Waals surface area (Å²) in [6.07, 6.45) is 0. The summed E-state index contributed by atoms with van der Waals surface area (Å²) >= 11 is 1.87. The highest BCUT2D eigenvalue weighted by molar-refractivity contribution is 7.26. The molecule has 0 atom stereocenters. The predicted molar refractivity (Wildman–Crippen MR) is 239 cm³/mol. The second-order valence-corrected chi connectivity index (χ2v) is 15.5. The lowest BCUT2D eigenvalue weighted by Crippen LogP contribution is -2.10. The maximum atomic E-state index is 6.43. The monoisotopic (exact) mass is 732 g/mol. The summed E-state index contributed by atoms with van der Waals surface area (Å²) in [7, 11) is 0. The van der Waals surface area contributed by atoms with Crippen LogP contribution in [0.25, 0.3) is 91.5 Å².